The summed E-state index contributed by atoms with van der Waals surface area (Å²) in [5.74, 6) is 0.197. The molecule has 0 aliphatic carbocycles. The number of anilines is 11. The van der Waals surface area contributed by atoms with Crippen molar-refractivity contribution < 1.29 is 19.1 Å². The van der Waals surface area contributed by atoms with Gasteiger partial charge in [0.05, 0.1) is 17.1 Å². The van der Waals surface area contributed by atoms with Gasteiger partial charge in [0, 0.05) is 202 Å². The van der Waals surface area contributed by atoms with E-state index < -0.39 is 20.3 Å². The van der Waals surface area contributed by atoms with Gasteiger partial charge in [0.25, 0.3) is 0 Å². The molecule has 0 saturated heterocycles. The van der Waals surface area contributed by atoms with E-state index in [-0.39, 0.29) is 11.8 Å². The number of aryl methyl sites for hydroxylation is 2. The number of aliphatic imine (C=N–C) groups is 3. The Morgan fingerprint density at radius 2 is 0.519 bits per heavy atom. The van der Waals surface area contributed by atoms with Crippen LogP contribution in [0, 0.1) is 13.8 Å². The Morgan fingerprint density at radius 3 is 0.748 bits per heavy atom. The Bertz CT molecular complexity index is 5800. The molecule has 3 amide bonds. The first-order chi connectivity index (χ1) is 63.1. The molecule has 3 heterocycles. The molecule has 0 bridgehead atoms. The summed E-state index contributed by atoms with van der Waals surface area (Å²) in [5.41, 5.74) is 27.4. The molecule has 15 rings (SSSR count). The van der Waals surface area contributed by atoms with E-state index in [4.69, 9.17) is 19.7 Å². The summed E-state index contributed by atoms with van der Waals surface area (Å²) >= 11 is 4.70. The molecule has 0 fully saturated rings. The monoisotopic (exact) mass is 1800 g/mol. The highest BCUT2D eigenvalue weighted by Crippen LogP contribution is 2.59. The van der Waals surface area contributed by atoms with E-state index >= 15 is 0 Å². The third kappa shape index (κ3) is 21.1. The number of rotatable bonds is 26. The number of para-hydroxylation sites is 1. The molecule has 3 aliphatic heterocycles. The molecule has 0 unspecified atom stereocenters. The largest absolute Gasteiger partial charge is 0.418 e. The van der Waals surface area contributed by atoms with Crippen molar-refractivity contribution in [3.05, 3.63) is 340 Å². The lowest BCUT2D eigenvalue weighted by atomic mass is 9.82. The van der Waals surface area contributed by atoms with E-state index in [2.05, 4.69) is 378 Å². The van der Waals surface area contributed by atoms with Gasteiger partial charge in [-0.15, -0.1) is 0 Å². The van der Waals surface area contributed by atoms with Crippen LogP contribution in [0.4, 0.5) is 84.4 Å². The number of nitrogens with one attached hydrogen (secondary N) is 3. The van der Waals surface area contributed by atoms with Gasteiger partial charge in [-0.1, -0.05) is 180 Å². The molecule has 0 saturated carbocycles. The van der Waals surface area contributed by atoms with Gasteiger partial charge >= 0.3 is 6.09 Å². The van der Waals surface area contributed by atoms with E-state index in [9.17, 15) is 14.4 Å². The summed E-state index contributed by atoms with van der Waals surface area (Å²) in [7, 11) is 16.3. The van der Waals surface area contributed by atoms with Crippen LogP contribution < -0.4 is 64.8 Å². The molecule has 0 spiro atoms. The molecule has 19 nitrogen and oxygen atoms in total. The second-order valence-electron chi connectivity index (χ2n) is 33.4. The fraction of sp³-hybridized carbons (Fsp3) is 0.284. The van der Waals surface area contributed by atoms with Crippen molar-refractivity contribution in [2.75, 3.05) is 153 Å². The highest BCUT2D eigenvalue weighted by molar-refractivity contribution is 8.15. The number of nitrogens with zero attached hydrogens (tertiary/aromatic N) is 12. The molecule has 3 aliphatic rings. The molecule has 0 aromatic heterocycles. The Kier molecular flexibility index (Phi) is 31.2. The average Bonchev–Trinajstić information content (AvgIpc) is 0.727. The van der Waals surface area contributed by atoms with Crippen LogP contribution >= 0.6 is 35.3 Å². The van der Waals surface area contributed by atoms with Crippen molar-refractivity contribution in [3.8, 4) is 5.75 Å². The summed E-state index contributed by atoms with van der Waals surface area (Å²) in [6.45, 7) is 31.7. The third-order valence-electron chi connectivity index (χ3n) is 24.3. The minimum atomic E-state index is -0.691. The minimum Gasteiger partial charge on any atom is -0.410 e. The molecule has 12 aromatic carbocycles. The van der Waals surface area contributed by atoms with Crippen molar-refractivity contribution in [1.82, 2.24) is 16.0 Å². The quantitative estimate of drug-likeness (QED) is 0.0469. The standard InChI is InChI=1S/C44H49N5OS.C35H39N5O2S.C30H37N5OS/c1-8-47(9-2)40-28-29-41-42(30-40)46-43(45-33(7)50)51-44(41,34-16-24-38(25-17-34)48(10-3)36-20-12-31(5)13-21-36)35-18-26-39(27-19-35)49(11-4)37-22-14-32(6)15-23-37;1-7-40(8-2)29-22-23-31-32(24-29)36-33(37-34(41)42-30-12-10-9-11-13-30)43-35(31,25-14-18-27(19-15-25)38(3)4)26-16-20-28(21-17-26)39(5)6;1-8-35(9-2)26-18-19-27-28(20-26)32-29(31-21(3)36)37-30(27,22-10-14-24(15-11-22)33(4)5)23-12-16-25(17-13-23)34(6)7/h12-30H,8-11H2,1-7H3,(H,45,46,50);9-24H,7-8H2,1-6H3,(H,36,37,41);10-20H,8-9H2,1-7H3,(H,31,32,36). The zero-order chi connectivity index (χ0) is 93.4. The summed E-state index contributed by atoms with van der Waals surface area (Å²) < 4.78 is 3.64. The average molecular weight is 1810 g/mol. The smallest absolute Gasteiger partial charge is 0.410 e. The number of amidine groups is 3. The van der Waals surface area contributed by atoms with Crippen molar-refractivity contribution in [2.24, 2.45) is 15.0 Å². The number of amides is 3. The lowest BCUT2D eigenvalue weighted by Gasteiger charge is -2.39. The number of carbonyl (C=O) groups excluding carboxylic acids is 3. The number of hydrogen-bond acceptors (Lipinski definition) is 19. The predicted molar refractivity (Wildman–Crippen MR) is 561 cm³/mol. The van der Waals surface area contributed by atoms with Crippen LogP contribution in [-0.2, 0) is 23.8 Å². The lowest BCUT2D eigenvalue weighted by Crippen LogP contribution is -2.38. The maximum absolute atomic E-state index is 13.1. The highest BCUT2D eigenvalue weighted by Gasteiger charge is 2.47. The van der Waals surface area contributed by atoms with Crippen molar-refractivity contribution in [2.45, 2.75) is 97.3 Å². The third-order valence-corrected chi connectivity index (χ3v) is 28.4. The normalized spacial score (nSPS) is 13.5. The van der Waals surface area contributed by atoms with Gasteiger partial charge in [0.15, 0.2) is 15.5 Å². The molecule has 131 heavy (non-hydrogen) atoms. The molecular weight excluding hydrogens is 1680 g/mol. The number of thioether (sulfide) groups is 3. The fourth-order valence-electron chi connectivity index (χ4n) is 17.2. The number of benzene rings is 12. The second kappa shape index (κ2) is 42.8. The first-order valence-corrected chi connectivity index (χ1v) is 47.7. The van der Waals surface area contributed by atoms with Gasteiger partial charge in [0.2, 0.25) is 11.8 Å². The molecule has 3 N–H and O–H groups in total. The van der Waals surface area contributed by atoms with E-state index in [1.54, 1.807) is 42.6 Å². The van der Waals surface area contributed by atoms with Crippen LogP contribution in [0.1, 0.15) is 130 Å². The van der Waals surface area contributed by atoms with Crippen LogP contribution in [0.5, 0.6) is 5.75 Å². The number of hydrogen-bond donors (Lipinski definition) is 3. The van der Waals surface area contributed by atoms with Crippen LogP contribution in [0.2, 0.25) is 0 Å². The summed E-state index contributed by atoms with van der Waals surface area (Å²) in [5, 5.41) is 10.7. The fourth-order valence-corrected chi connectivity index (χ4v) is 21.4. The maximum Gasteiger partial charge on any atom is 0.418 e. The summed E-state index contributed by atoms with van der Waals surface area (Å²) in [4.78, 5) is 72.9. The molecular formula is C109H125N15O4S3. The van der Waals surface area contributed by atoms with Crippen LogP contribution in [0.15, 0.2) is 294 Å². The molecule has 12 aromatic rings. The zero-order valence-corrected chi connectivity index (χ0v) is 81.9. The molecule has 22 heteroatoms. The van der Waals surface area contributed by atoms with Gasteiger partial charge in [-0.05, 0) is 248 Å². The van der Waals surface area contributed by atoms with E-state index in [1.807, 2.05) is 74.6 Å². The highest BCUT2D eigenvalue weighted by atomic mass is 32.2. The first kappa shape index (κ1) is 95.7. The van der Waals surface area contributed by atoms with Gasteiger partial charge in [0.1, 0.15) is 20.0 Å². The van der Waals surface area contributed by atoms with Crippen LogP contribution in [0.25, 0.3) is 0 Å². The van der Waals surface area contributed by atoms with E-state index in [0.29, 0.717) is 21.3 Å². The number of fused-ring (bicyclic) bond motifs is 3. The van der Waals surface area contributed by atoms with E-state index in [1.165, 1.54) is 29.8 Å². The zero-order valence-electron chi connectivity index (χ0n) is 79.4. The number of ether oxygens (including phenoxy) is 1. The van der Waals surface area contributed by atoms with Crippen LogP contribution in [-0.4, -0.2) is 142 Å². The van der Waals surface area contributed by atoms with Gasteiger partial charge in [-0.2, -0.15) is 0 Å². The summed E-state index contributed by atoms with van der Waals surface area (Å²) in [6, 6.07) is 98.6. The van der Waals surface area contributed by atoms with Crippen LogP contribution in [0.3, 0.4) is 0 Å². The predicted octanol–water partition coefficient (Wildman–Crippen LogP) is 23.9. The number of carbonyl (C=O) groups is 3. The Hall–Kier alpha value is -12.9. The Labute approximate surface area is 789 Å². The van der Waals surface area contributed by atoms with E-state index in [0.717, 1.165) is 182 Å². The SMILES string of the molecule is CCN(CC)c1ccc2c(c1)N=C(NC(=O)Oc1ccccc1)SC2(c1ccc(N(C)C)cc1)c1ccc(N(C)C)cc1.CCN(CC)c1ccc2c(c1)N=C(NC(C)=O)SC2(c1ccc(N(C)C)cc1)c1ccc(N(C)C)cc1.CCN(CC)c1ccc2c(c1)N=C(NC(C)=O)SC2(c1ccc(N(CC)c2ccc(C)cc2)cc1)c1ccc(N(CC)c2ccc(C)cc2)cc1. The summed E-state index contributed by atoms with van der Waals surface area (Å²) in [6.07, 6.45) is -0.583. The second-order valence-corrected chi connectivity index (χ2v) is 37.0. The first-order valence-electron chi connectivity index (χ1n) is 45.3. The van der Waals surface area contributed by atoms with Gasteiger partial charge in [-0.25, -0.2) is 19.8 Å². The molecule has 678 valence electrons. The molecule has 0 atom stereocenters. The minimum absolute atomic E-state index is 0.130. The topological polar surface area (TPSA) is 163 Å². The lowest BCUT2D eigenvalue weighted by molar-refractivity contribution is -0.118. The Balaban J connectivity index is 0.000000170. The van der Waals surface area contributed by atoms with Gasteiger partial charge in [-0.3, -0.25) is 14.9 Å². The van der Waals surface area contributed by atoms with Crippen molar-refractivity contribution in [3.63, 3.8) is 0 Å². The van der Waals surface area contributed by atoms with Gasteiger partial charge < -0.3 is 59.5 Å². The maximum atomic E-state index is 13.1. The Morgan fingerprint density at radius 1 is 0.290 bits per heavy atom. The van der Waals surface area contributed by atoms with Crippen molar-refractivity contribution in [1.29, 1.82) is 0 Å². The molecule has 0 radical (unpaired) electrons. The van der Waals surface area contributed by atoms with Crippen molar-refractivity contribution >= 4 is 148 Å².